The monoisotopic (exact) mass is 786 g/mol. The first-order chi connectivity index (χ1) is 21.2. The second kappa shape index (κ2) is 29.4. The molecule has 0 aliphatic carbocycles. The number of carbonyl (C=O) groups excluding carboxylic acids is 3. The van der Waals surface area contributed by atoms with Crippen molar-refractivity contribution in [2.45, 2.75) is 136 Å². The van der Waals surface area contributed by atoms with Crippen molar-refractivity contribution in [2.24, 2.45) is 17.8 Å². The third kappa shape index (κ3) is 24.4. The summed E-state index contributed by atoms with van der Waals surface area (Å²) in [5, 5.41) is 0. The molecule has 0 N–H and O–H groups in total. The molecule has 0 spiro atoms. The van der Waals surface area contributed by atoms with Crippen molar-refractivity contribution in [2.75, 3.05) is 40.8 Å². The van der Waals surface area contributed by atoms with E-state index in [1.165, 1.54) is 19.3 Å². The van der Waals surface area contributed by atoms with Crippen LogP contribution in [-0.2, 0) is 28.6 Å². The van der Waals surface area contributed by atoms with Crippen LogP contribution in [0.4, 0.5) is 0 Å². The van der Waals surface area contributed by atoms with Crippen molar-refractivity contribution in [3.05, 3.63) is 0 Å². The van der Waals surface area contributed by atoms with E-state index in [2.05, 4.69) is 46.5 Å². The summed E-state index contributed by atoms with van der Waals surface area (Å²) in [7, 11) is 3.84. The Labute approximate surface area is 285 Å². The van der Waals surface area contributed by atoms with Gasteiger partial charge >= 0.3 is 287 Å². The van der Waals surface area contributed by atoms with E-state index in [-0.39, 0.29) is 17.9 Å². The Hall–Kier alpha value is 0.259. The second-order valence-electron chi connectivity index (χ2n) is 12.1. The van der Waals surface area contributed by atoms with Gasteiger partial charge in [-0.05, 0) is 0 Å². The summed E-state index contributed by atoms with van der Waals surface area (Å²) in [4.78, 5) is 39.9. The Kier molecular flexibility index (Phi) is 29.6. The SMILES string of the molecule is CCCCC(CC)COC(=O)CC[S][Sn]([CH3])([CH2]SCC(=O)OCC(CC)CCCC)[S]CCC(=O)OCC(CC)CCCC. The van der Waals surface area contributed by atoms with E-state index in [1.54, 1.807) is 11.8 Å². The number of thioether (sulfide) groups is 1. The van der Waals surface area contributed by atoms with E-state index in [1.807, 2.05) is 17.9 Å². The van der Waals surface area contributed by atoms with E-state index in [0.717, 1.165) is 73.1 Å². The van der Waals surface area contributed by atoms with Crippen molar-refractivity contribution >= 4 is 63.2 Å². The molecule has 260 valence electrons. The summed E-state index contributed by atoms with van der Waals surface area (Å²) >= 11 is -1.21. The van der Waals surface area contributed by atoms with Crippen LogP contribution in [0.3, 0.4) is 0 Å². The summed E-state index contributed by atoms with van der Waals surface area (Å²) < 4.78 is 17.8. The minimum atomic E-state index is -2.87. The molecule has 44 heavy (non-hydrogen) atoms. The minimum absolute atomic E-state index is 0.118. The zero-order valence-corrected chi connectivity index (χ0v) is 34.6. The van der Waals surface area contributed by atoms with Gasteiger partial charge in [0.25, 0.3) is 0 Å². The molecule has 0 saturated carbocycles. The number of ether oxygens (including phenoxy) is 3. The molecule has 0 radical (unpaired) electrons. The fourth-order valence-electron chi connectivity index (χ4n) is 4.66. The maximum atomic E-state index is 12.5. The van der Waals surface area contributed by atoms with Crippen LogP contribution in [0.1, 0.15) is 131 Å². The molecule has 6 nitrogen and oxygen atoms in total. The summed E-state index contributed by atoms with van der Waals surface area (Å²) in [5.74, 6) is 2.77. The molecule has 0 heterocycles. The van der Waals surface area contributed by atoms with Crippen LogP contribution in [0, 0.1) is 17.8 Å². The number of unbranched alkanes of at least 4 members (excludes halogenated alkanes) is 3. The topological polar surface area (TPSA) is 78.9 Å². The number of hydrogen-bond donors (Lipinski definition) is 0. The number of rotatable bonds is 30. The predicted molar refractivity (Wildman–Crippen MR) is 196 cm³/mol. The molecule has 0 aromatic carbocycles. The van der Waals surface area contributed by atoms with Gasteiger partial charge in [0.05, 0.1) is 0 Å². The van der Waals surface area contributed by atoms with Crippen LogP contribution in [0.15, 0.2) is 0 Å². The number of esters is 3. The van der Waals surface area contributed by atoms with Crippen LogP contribution >= 0.6 is 29.7 Å². The van der Waals surface area contributed by atoms with Crippen LogP contribution in [0.5, 0.6) is 0 Å². The van der Waals surface area contributed by atoms with E-state index in [0.29, 0.717) is 56.2 Å². The van der Waals surface area contributed by atoms with Gasteiger partial charge in [-0.3, -0.25) is 0 Å². The average Bonchev–Trinajstić information content (AvgIpc) is 3.01. The van der Waals surface area contributed by atoms with Crippen molar-refractivity contribution in [3.8, 4) is 0 Å². The molecule has 0 aliphatic heterocycles. The first-order valence-corrected chi connectivity index (χ1v) is 32.5. The second-order valence-corrected chi connectivity index (χ2v) is 42.2. The van der Waals surface area contributed by atoms with Crippen LogP contribution in [0.2, 0.25) is 4.94 Å². The van der Waals surface area contributed by atoms with Gasteiger partial charge in [0.15, 0.2) is 0 Å². The van der Waals surface area contributed by atoms with Crippen molar-refractivity contribution < 1.29 is 28.6 Å². The molecule has 0 saturated heterocycles. The van der Waals surface area contributed by atoms with Gasteiger partial charge in [0, 0.05) is 0 Å². The van der Waals surface area contributed by atoms with Gasteiger partial charge in [-0.25, -0.2) is 0 Å². The molecule has 0 amide bonds. The van der Waals surface area contributed by atoms with Gasteiger partial charge in [-0.2, -0.15) is 0 Å². The number of hydrogen-bond acceptors (Lipinski definition) is 9. The molecule has 0 bridgehead atoms. The molecule has 3 atom stereocenters. The van der Waals surface area contributed by atoms with Crippen LogP contribution in [0.25, 0.3) is 0 Å². The van der Waals surface area contributed by atoms with Gasteiger partial charge in [0.2, 0.25) is 0 Å². The third-order valence-corrected chi connectivity index (χ3v) is 41.0. The summed E-state index contributed by atoms with van der Waals surface area (Å²) in [5.41, 5.74) is 0. The summed E-state index contributed by atoms with van der Waals surface area (Å²) in [6.45, 7) is 14.6. The van der Waals surface area contributed by atoms with E-state index >= 15 is 0 Å². The Bertz CT molecular complexity index is 649. The first kappa shape index (κ1) is 44.3. The quantitative estimate of drug-likeness (QED) is 0.0402. The van der Waals surface area contributed by atoms with Crippen molar-refractivity contribution in [1.82, 2.24) is 0 Å². The molecule has 0 aliphatic rings. The molecule has 0 fully saturated rings. The zero-order valence-electron chi connectivity index (χ0n) is 29.3. The van der Waals surface area contributed by atoms with Gasteiger partial charge < -0.3 is 0 Å². The zero-order chi connectivity index (χ0) is 33.1. The van der Waals surface area contributed by atoms with Gasteiger partial charge in [-0.1, -0.05) is 0 Å². The first-order valence-electron chi connectivity index (χ1n) is 17.5. The van der Waals surface area contributed by atoms with Crippen molar-refractivity contribution in [3.63, 3.8) is 0 Å². The van der Waals surface area contributed by atoms with Crippen molar-refractivity contribution in [1.29, 1.82) is 0 Å². The Balaban J connectivity index is 4.88. The van der Waals surface area contributed by atoms with E-state index in [9.17, 15) is 14.4 Å². The molecular formula is C34H66O6S3Sn. The normalized spacial score (nSPS) is 14.8. The summed E-state index contributed by atoms with van der Waals surface area (Å²) in [6, 6.07) is 0. The third-order valence-electron chi connectivity index (χ3n) is 8.08. The molecule has 0 rings (SSSR count). The molecular weight excluding hydrogens is 719 g/mol. The Morgan fingerprint density at radius 1 is 0.591 bits per heavy atom. The number of carbonyl (C=O) groups is 3. The average molecular weight is 786 g/mol. The molecule has 0 aromatic rings. The predicted octanol–water partition coefficient (Wildman–Crippen LogP) is 9.86. The van der Waals surface area contributed by atoms with E-state index in [4.69, 9.17) is 14.2 Å². The van der Waals surface area contributed by atoms with E-state index < -0.39 is 15.6 Å². The summed E-state index contributed by atoms with van der Waals surface area (Å²) in [6.07, 6.45) is 14.2. The molecule has 10 heteroatoms. The molecule has 3 unspecified atom stereocenters. The van der Waals surface area contributed by atoms with Gasteiger partial charge in [0.1, 0.15) is 0 Å². The van der Waals surface area contributed by atoms with Crippen LogP contribution < -0.4 is 0 Å². The van der Waals surface area contributed by atoms with Gasteiger partial charge in [-0.15, -0.1) is 0 Å². The maximum absolute atomic E-state index is 12.5. The fraction of sp³-hybridized carbons (Fsp3) is 0.912. The fourth-order valence-corrected chi connectivity index (χ4v) is 34.1. The standard InChI is InChI=1S/C11H21O2S.2C11H22O2S.CH3.Sn/c1-4-6-7-10(5-2)8-13-11(12)9-14-3;2*1-3-5-6-10(4-2)9-13-11(12)7-8-14;;/h10H,3-9H2,1-2H3;2*10,14H,3-9H2,1-2H3;1H3;/q;;;;+2/p-2. The Morgan fingerprint density at radius 2 is 0.955 bits per heavy atom. The Morgan fingerprint density at radius 3 is 1.30 bits per heavy atom. The van der Waals surface area contributed by atoms with Crippen LogP contribution in [-0.4, -0.2) is 74.4 Å². The molecule has 0 aromatic heterocycles.